The van der Waals surface area contributed by atoms with Crippen molar-refractivity contribution in [2.24, 2.45) is 0 Å². The maximum absolute atomic E-state index is 12.3. The number of amides is 2. The summed E-state index contributed by atoms with van der Waals surface area (Å²) in [6.07, 6.45) is -0.924. The highest BCUT2D eigenvalue weighted by Gasteiger charge is 2.24. The monoisotopic (exact) mass is 277 g/mol. The van der Waals surface area contributed by atoms with E-state index in [2.05, 4.69) is 0 Å². The van der Waals surface area contributed by atoms with Gasteiger partial charge in [0.1, 0.15) is 0 Å². The van der Waals surface area contributed by atoms with Gasteiger partial charge in [-0.15, -0.1) is 0 Å². The molecule has 0 radical (unpaired) electrons. The zero-order valence-corrected chi connectivity index (χ0v) is 11.7. The maximum atomic E-state index is 12.3. The molecular weight excluding hydrogens is 258 g/mol. The van der Waals surface area contributed by atoms with Crippen molar-refractivity contribution in [2.45, 2.75) is 0 Å². The van der Waals surface area contributed by atoms with Crippen LogP contribution in [-0.2, 0) is 0 Å². The molecule has 0 saturated carbocycles. The highest BCUT2D eigenvalue weighted by molar-refractivity contribution is 5.94. The number of piperazine rings is 1. The second kappa shape index (κ2) is 5.81. The van der Waals surface area contributed by atoms with Crippen molar-refractivity contribution in [2.75, 3.05) is 45.2 Å². The van der Waals surface area contributed by atoms with E-state index < -0.39 is 6.09 Å². The highest BCUT2D eigenvalue weighted by Crippen LogP contribution is 2.14. The molecule has 0 atom stereocenters. The highest BCUT2D eigenvalue weighted by atomic mass is 16.4. The number of rotatable bonds is 2. The fourth-order valence-corrected chi connectivity index (χ4v) is 2.19. The summed E-state index contributed by atoms with van der Waals surface area (Å²) in [5, 5.41) is 8.88. The van der Waals surface area contributed by atoms with Crippen molar-refractivity contribution in [1.82, 2.24) is 9.80 Å². The number of hydrogen-bond acceptors (Lipinski definition) is 3. The van der Waals surface area contributed by atoms with E-state index in [1.807, 2.05) is 31.1 Å². The Morgan fingerprint density at radius 1 is 1.00 bits per heavy atom. The summed E-state index contributed by atoms with van der Waals surface area (Å²) >= 11 is 0. The Bertz CT molecular complexity index is 491. The van der Waals surface area contributed by atoms with Crippen LogP contribution in [0.1, 0.15) is 10.4 Å². The topological polar surface area (TPSA) is 64.1 Å². The molecule has 2 rings (SSSR count). The van der Waals surface area contributed by atoms with Crippen LogP contribution >= 0.6 is 0 Å². The molecule has 0 bridgehead atoms. The Morgan fingerprint density at radius 2 is 1.50 bits per heavy atom. The maximum Gasteiger partial charge on any atom is 0.407 e. The minimum Gasteiger partial charge on any atom is -0.465 e. The van der Waals surface area contributed by atoms with Gasteiger partial charge < -0.3 is 19.8 Å². The SMILES string of the molecule is CN(C)c1ccc(C(=O)N2CCN(C(=O)O)CC2)cc1. The van der Waals surface area contributed by atoms with Gasteiger partial charge in [0, 0.05) is 51.5 Å². The molecule has 1 N–H and O–H groups in total. The van der Waals surface area contributed by atoms with Gasteiger partial charge in [-0.1, -0.05) is 0 Å². The van der Waals surface area contributed by atoms with Crippen LogP contribution in [-0.4, -0.2) is 67.2 Å². The zero-order valence-electron chi connectivity index (χ0n) is 11.7. The van der Waals surface area contributed by atoms with Gasteiger partial charge in [0.15, 0.2) is 0 Å². The van der Waals surface area contributed by atoms with Crippen molar-refractivity contribution < 1.29 is 14.7 Å². The lowest BCUT2D eigenvalue weighted by atomic mass is 10.1. The predicted molar refractivity (Wildman–Crippen MR) is 76.3 cm³/mol. The van der Waals surface area contributed by atoms with Crippen LogP contribution in [0.2, 0.25) is 0 Å². The standard InChI is InChI=1S/C14H19N3O3/c1-15(2)12-5-3-11(4-6-12)13(18)16-7-9-17(10-8-16)14(19)20/h3-6H,7-10H2,1-2H3,(H,19,20). The van der Waals surface area contributed by atoms with Gasteiger partial charge in [0.05, 0.1) is 0 Å². The molecule has 0 aromatic heterocycles. The van der Waals surface area contributed by atoms with Crippen LogP contribution in [0.25, 0.3) is 0 Å². The Balaban J connectivity index is 2.00. The summed E-state index contributed by atoms with van der Waals surface area (Å²) in [4.78, 5) is 28.1. The molecule has 2 amide bonds. The van der Waals surface area contributed by atoms with E-state index in [4.69, 9.17) is 5.11 Å². The van der Waals surface area contributed by atoms with Crippen molar-refractivity contribution >= 4 is 17.7 Å². The molecule has 0 unspecified atom stereocenters. The lowest BCUT2D eigenvalue weighted by molar-refractivity contribution is 0.0625. The van der Waals surface area contributed by atoms with Crippen LogP contribution in [0.4, 0.5) is 10.5 Å². The number of carbonyl (C=O) groups excluding carboxylic acids is 1. The van der Waals surface area contributed by atoms with Crippen LogP contribution in [0, 0.1) is 0 Å². The molecule has 0 aliphatic carbocycles. The molecular formula is C14H19N3O3. The van der Waals surface area contributed by atoms with E-state index in [1.165, 1.54) is 4.90 Å². The third-order valence-corrected chi connectivity index (χ3v) is 3.47. The van der Waals surface area contributed by atoms with Crippen molar-refractivity contribution in [3.05, 3.63) is 29.8 Å². The zero-order chi connectivity index (χ0) is 14.7. The lowest BCUT2D eigenvalue weighted by Crippen LogP contribution is -2.50. The van der Waals surface area contributed by atoms with Gasteiger partial charge in [-0.25, -0.2) is 4.79 Å². The molecule has 6 heteroatoms. The second-order valence-corrected chi connectivity index (χ2v) is 5.00. The Hall–Kier alpha value is -2.24. The van der Waals surface area contributed by atoms with Crippen LogP contribution in [0.3, 0.4) is 0 Å². The minimum atomic E-state index is -0.924. The van der Waals surface area contributed by atoms with E-state index in [-0.39, 0.29) is 5.91 Å². The molecule has 20 heavy (non-hydrogen) atoms. The van der Waals surface area contributed by atoms with E-state index >= 15 is 0 Å². The number of carbonyl (C=O) groups is 2. The van der Waals surface area contributed by atoms with Gasteiger partial charge in [0.25, 0.3) is 5.91 Å². The van der Waals surface area contributed by atoms with E-state index in [1.54, 1.807) is 17.0 Å². The summed E-state index contributed by atoms with van der Waals surface area (Å²) in [5.74, 6) is -0.0413. The number of anilines is 1. The van der Waals surface area contributed by atoms with Gasteiger partial charge in [-0.05, 0) is 24.3 Å². The number of benzene rings is 1. The van der Waals surface area contributed by atoms with E-state index in [9.17, 15) is 9.59 Å². The first-order valence-electron chi connectivity index (χ1n) is 6.53. The molecule has 1 fully saturated rings. The third kappa shape index (κ3) is 3.01. The first-order valence-corrected chi connectivity index (χ1v) is 6.53. The smallest absolute Gasteiger partial charge is 0.407 e. The molecule has 1 saturated heterocycles. The quantitative estimate of drug-likeness (QED) is 0.882. The van der Waals surface area contributed by atoms with Gasteiger partial charge in [-0.3, -0.25) is 4.79 Å². The summed E-state index contributed by atoms with van der Waals surface area (Å²) in [7, 11) is 3.89. The Morgan fingerprint density at radius 3 is 1.95 bits per heavy atom. The first kappa shape index (κ1) is 14.2. The van der Waals surface area contributed by atoms with Crippen molar-refractivity contribution in [1.29, 1.82) is 0 Å². The molecule has 1 aliphatic rings. The van der Waals surface area contributed by atoms with Gasteiger partial charge >= 0.3 is 6.09 Å². The third-order valence-electron chi connectivity index (χ3n) is 3.47. The molecule has 1 heterocycles. The van der Waals surface area contributed by atoms with Crippen LogP contribution in [0.5, 0.6) is 0 Å². The molecule has 0 spiro atoms. The minimum absolute atomic E-state index is 0.0413. The van der Waals surface area contributed by atoms with E-state index in [0.29, 0.717) is 31.7 Å². The summed E-state index contributed by atoms with van der Waals surface area (Å²) in [5.41, 5.74) is 1.68. The Labute approximate surface area is 118 Å². The summed E-state index contributed by atoms with van der Waals surface area (Å²) in [6.45, 7) is 1.63. The predicted octanol–water partition coefficient (Wildman–Crippen LogP) is 1.19. The second-order valence-electron chi connectivity index (χ2n) is 5.00. The molecule has 1 aliphatic heterocycles. The molecule has 108 valence electrons. The van der Waals surface area contributed by atoms with Crippen LogP contribution < -0.4 is 4.90 Å². The van der Waals surface area contributed by atoms with Gasteiger partial charge in [-0.2, -0.15) is 0 Å². The number of nitrogens with zero attached hydrogens (tertiary/aromatic N) is 3. The normalized spacial score (nSPS) is 15.1. The summed E-state index contributed by atoms with van der Waals surface area (Å²) < 4.78 is 0. The van der Waals surface area contributed by atoms with E-state index in [0.717, 1.165) is 5.69 Å². The van der Waals surface area contributed by atoms with Crippen molar-refractivity contribution in [3.8, 4) is 0 Å². The molecule has 1 aromatic rings. The Kier molecular flexibility index (Phi) is 4.12. The lowest BCUT2D eigenvalue weighted by Gasteiger charge is -2.33. The van der Waals surface area contributed by atoms with Crippen LogP contribution in [0.15, 0.2) is 24.3 Å². The average Bonchev–Trinajstić information content (AvgIpc) is 2.46. The van der Waals surface area contributed by atoms with Crippen molar-refractivity contribution in [3.63, 3.8) is 0 Å². The summed E-state index contributed by atoms with van der Waals surface area (Å²) in [6, 6.07) is 7.42. The number of carboxylic acid groups (broad SMARTS) is 1. The largest absolute Gasteiger partial charge is 0.465 e. The first-order chi connectivity index (χ1) is 9.49. The number of hydrogen-bond donors (Lipinski definition) is 1. The molecule has 1 aromatic carbocycles. The fraction of sp³-hybridized carbons (Fsp3) is 0.429. The van der Waals surface area contributed by atoms with Gasteiger partial charge in [0.2, 0.25) is 0 Å². The fourth-order valence-electron chi connectivity index (χ4n) is 2.19. The average molecular weight is 277 g/mol. The molecule has 6 nitrogen and oxygen atoms in total.